The number of hydrogen-bond acceptors (Lipinski definition) is 8. The Balaban J connectivity index is 1.62. The van der Waals surface area contributed by atoms with Crippen LogP contribution in [0.15, 0.2) is 107 Å². The Labute approximate surface area is 228 Å². The number of aromatic nitrogens is 2. The number of rotatable bonds is 7. The van der Waals surface area contributed by atoms with E-state index in [2.05, 4.69) is 0 Å². The predicted molar refractivity (Wildman–Crippen MR) is 146 cm³/mol. The summed E-state index contributed by atoms with van der Waals surface area (Å²) in [4.78, 5) is 22.9. The molecule has 4 aromatic rings. The quantitative estimate of drug-likeness (QED) is 0.230. The van der Waals surface area contributed by atoms with Gasteiger partial charge in [0.2, 0.25) is 5.88 Å². The van der Waals surface area contributed by atoms with E-state index < -0.39 is 17.7 Å². The van der Waals surface area contributed by atoms with E-state index in [9.17, 15) is 14.4 Å². The van der Waals surface area contributed by atoms with E-state index in [0.29, 0.717) is 16.2 Å². The lowest BCUT2D eigenvalue weighted by molar-refractivity contribution is -0.139. The van der Waals surface area contributed by atoms with Crippen LogP contribution in [0.3, 0.4) is 0 Å². The van der Waals surface area contributed by atoms with Crippen LogP contribution in [-0.4, -0.2) is 28.3 Å². The molecule has 2 N–H and O–H groups in total. The van der Waals surface area contributed by atoms with Crippen molar-refractivity contribution in [2.24, 2.45) is 5.73 Å². The van der Waals surface area contributed by atoms with E-state index in [1.807, 2.05) is 60.7 Å². The molecule has 0 amide bonds. The molecule has 0 radical (unpaired) electrons. The van der Waals surface area contributed by atoms with Crippen LogP contribution >= 0.6 is 11.8 Å². The van der Waals surface area contributed by atoms with Crippen LogP contribution in [0.2, 0.25) is 0 Å². The number of carbonyl (C=O) groups excluding carboxylic acids is 1. The molecule has 1 aliphatic rings. The summed E-state index contributed by atoms with van der Waals surface area (Å²) >= 11 is 1.30. The highest BCUT2D eigenvalue weighted by molar-refractivity contribution is 7.99. The molecule has 1 aromatic heterocycles. The van der Waals surface area contributed by atoms with Gasteiger partial charge in [-0.25, -0.2) is 19.2 Å². The number of benzene rings is 3. The van der Waals surface area contributed by atoms with E-state index in [4.69, 9.17) is 25.2 Å². The number of thioether (sulfide) groups is 1. The number of allylic oxidation sites excluding steroid dienone is 1. The molecule has 5 rings (SSSR count). The maximum atomic E-state index is 15.0. The lowest BCUT2D eigenvalue weighted by Crippen LogP contribution is -2.27. The smallest absolute Gasteiger partial charge is 0.338 e. The molecular formula is C30H23FN4O3S. The van der Waals surface area contributed by atoms with Crippen LogP contribution in [0.5, 0.6) is 0 Å². The van der Waals surface area contributed by atoms with Crippen molar-refractivity contribution < 1.29 is 18.7 Å². The first-order chi connectivity index (χ1) is 19.0. The van der Waals surface area contributed by atoms with Crippen molar-refractivity contribution in [3.63, 3.8) is 0 Å². The van der Waals surface area contributed by atoms with Gasteiger partial charge in [0.05, 0.1) is 34.9 Å². The van der Waals surface area contributed by atoms with Gasteiger partial charge in [-0.3, -0.25) is 0 Å². The van der Waals surface area contributed by atoms with Crippen LogP contribution in [0.1, 0.15) is 18.4 Å². The number of nitriles is 1. The second-order valence-corrected chi connectivity index (χ2v) is 9.49. The van der Waals surface area contributed by atoms with Crippen LogP contribution < -0.4 is 5.73 Å². The largest absolute Gasteiger partial charge is 0.463 e. The van der Waals surface area contributed by atoms with Gasteiger partial charge in [0, 0.05) is 11.1 Å². The summed E-state index contributed by atoms with van der Waals surface area (Å²) in [6.45, 7) is 1.75. The van der Waals surface area contributed by atoms with Gasteiger partial charge in [-0.05, 0) is 25.1 Å². The molecule has 0 spiro atoms. The monoisotopic (exact) mass is 538 g/mol. The molecule has 0 saturated carbocycles. The van der Waals surface area contributed by atoms with E-state index in [1.54, 1.807) is 13.0 Å². The van der Waals surface area contributed by atoms with E-state index >= 15 is 0 Å². The maximum Gasteiger partial charge on any atom is 0.338 e. The molecule has 39 heavy (non-hydrogen) atoms. The number of hydrogen-bond donors (Lipinski definition) is 1. The van der Waals surface area contributed by atoms with Gasteiger partial charge in [0.15, 0.2) is 0 Å². The summed E-state index contributed by atoms with van der Waals surface area (Å²) in [7, 11) is 0. The van der Waals surface area contributed by atoms with Crippen molar-refractivity contribution in [1.82, 2.24) is 9.97 Å². The zero-order valence-electron chi connectivity index (χ0n) is 20.9. The average molecular weight is 539 g/mol. The Kier molecular flexibility index (Phi) is 7.57. The van der Waals surface area contributed by atoms with Gasteiger partial charge in [-0.15, -0.1) is 0 Å². The van der Waals surface area contributed by atoms with Crippen molar-refractivity contribution in [1.29, 1.82) is 5.26 Å². The number of halogens is 1. The topological polar surface area (TPSA) is 111 Å². The Bertz CT molecular complexity index is 1660. The summed E-state index contributed by atoms with van der Waals surface area (Å²) in [5, 5.41) is 10.5. The number of carbonyl (C=O) groups is 1. The Hall–Kier alpha value is -4.68. The fourth-order valence-electron chi connectivity index (χ4n) is 4.38. The molecule has 1 aliphatic heterocycles. The van der Waals surface area contributed by atoms with Crippen LogP contribution in [0.25, 0.3) is 22.3 Å². The van der Waals surface area contributed by atoms with E-state index in [0.717, 1.165) is 11.1 Å². The summed E-state index contributed by atoms with van der Waals surface area (Å²) in [5.41, 5.74) is 9.22. The summed E-state index contributed by atoms with van der Waals surface area (Å²) < 4.78 is 26.2. The van der Waals surface area contributed by atoms with Crippen LogP contribution in [0, 0.1) is 17.1 Å². The summed E-state index contributed by atoms with van der Waals surface area (Å²) in [6.07, 6.45) is 0. The van der Waals surface area contributed by atoms with Crippen molar-refractivity contribution in [2.45, 2.75) is 17.9 Å². The van der Waals surface area contributed by atoms with Gasteiger partial charge >= 0.3 is 5.97 Å². The molecule has 1 atom stereocenters. The molecule has 9 heteroatoms. The fourth-order valence-corrected chi connectivity index (χ4v) is 5.33. The molecule has 2 heterocycles. The van der Waals surface area contributed by atoms with Crippen molar-refractivity contribution in [2.75, 3.05) is 12.4 Å². The fraction of sp³-hybridized carbons (Fsp3) is 0.133. The van der Waals surface area contributed by atoms with Gasteiger partial charge in [-0.1, -0.05) is 72.4 Å². The van der Waals surface area contributed by atoms with Crippen LogP contribution in [-0.2, 0) is 14.3 Å². The lowest BCUT2D eigenvalue weighted by atomic mass is 9.83. The third-order valence-corrected chi connectivity index (χ3v) is 7.10. The highest BCUT2D eigenvalue weighted by Crippen LogP contribution is 2.42. The Morgan fingerprint density at radius 1 is 1.05 bits per heavy atom. The first kappa shape index (κ1) is 25.9. The number of para-hydroxylation sites is 2. The summed E-state index contributed by atoms with van der Waals surface area (Å²) in [6, 6.07) is 25.1. The van der Waals surface area contributed by atoms with Crippen LogP contribution in [0.4, 0.5) is 4.39 Å². The molecule has 0 saturated heterocycles. The minimum absolute atomic E-state index is 0.0233. The zero-order valence-corrected chi connectivity index (χ0v) is 21.7. The highest BCUT2D eigenvalue weighted by atomic mass is 32.2. The number of nitrogens with two attached hydrogens (primary N) is 1. The Morgan fingerprint density at radius 2 is 1.72 bits per heavy atom. The second kappa shape index (κ2) is 11.4. The molecule has 3 aromatic carbocycles. The molecule has 0 fully saturated rings. The first-order valence-electron chi connectivity index (χ1n) is 12.2. The normalized spacial score (nSPS) is 15.2. The summed E-state index contributed by atoms with van der Waals surface area (Å²) in [5.74, 6) is -2.30. The molecular weight excluding hydrogens is 515 g/mol. The second-order valence-electron chi connectivity index (χ2n) is 8.52. The number of fused-ring (bicyclic) bond motifs is 1. The average Bonchev–Trinajstić information content (AvgIpc) is 2.96. The van der Waals surface area contributed by atoms with Gasteiger partial charge in [-0.2, -0.15) is 5.26 Å². The predicted octanol–water partition coefficient (Wildman–Crippen LogP) is 5.85. The van der Waals surface area contributed by atoms with E-state index in [-0.39, 0.29) is 40.7 Å². The Morgan fingerprint density at radius 3 is 2.41 bits per heavy atom. The standard InChI is InChI=1S/C30H23FN4O3S/c1-2-37-30(36)26-24(38-28(33)20(16-32)25(26)19-12-6-7-13-21(19)31)17-39-29-27(18-10-4-3-5-11-18)34-22-14-8-9-15-23(22)35-29/h3-15,25H,2,17,33H2,1H3/t25-/m1/s1. The van der Waals surface area contributed by atoms with Crippen molar-refractivity contribution in [3.8, 4) is 17.3 Å². The molecule has 0 unspecified atom stereocenters. The highest BCUT2D eigenvalue weighted by Gasteiger charge is 2.39. The van der Waals surface area contributed by atoms with Crippen molar-refractivity contribution in [3.05, 3.63) is 113 Å². The van der Waals surface area contributed by atoms with Gasteiger partial charge in [0.1, 0.15) is 33.9 Å². The van der Waals surface area contributed by atoms with Crippen molar-refractivity contribution >= 4 is 28.8 Å². The zero-order chi connectivity index (χ0) is 27.4. The SMILES string of the molecule is CCOC(=O)C1=C(CSc2nc3ccccc3nc2-c2ccccc2)OC(N)=C(C#N)[C@H]1c1ccccc1F. The minimum atomic E-state index is -1.09. The van der Waals surface area contributed by atoms with E-state index in [1.165, 1.54) is 30.0 Å². The third kappa shape index (κ3) is 5.19. The maximum absolute atomic E-state index is 15.0. The van der Waals surface area contributed by atoms with Gasteiger partial charge in [0.25, 0.3) is 0 Å². The lowest BCUT2D eigenvalue weighted by Gasteiger charge is -2.28. The molecule has 0 aliphatic carbocycles. The number of nitrogens with zero attached hydrogens (tertiary/aromatic N) is 3. The number of ether oxygens (including phenoxy) is 2. The first-order valence-corrected chi connectivity index (χ1v) is 13.2. The third-order valence-electron chi connectivity index (χ3n) is 6.13. The molecule has 194 valence electrons. The molecule has 0 bridgehead atoms. The molecule has 7 nitrogen and oxygen atoms in total. The number of esters is 1. The van der Waals surface area contributed by atoms with Gasteiger partial charge < -0.3 is 15.2 Å². The minimum Gasteiger partial charge on any atom is -0.463 e.